The molecule has 8 heteroatoms. The van der Waals surface area contributed by atoms with Crippen LogP contribution in [0.5, 0.6) is 0 Å². The third-order valence-electron chi connectivity index (χ3n) is 5.00. The van der Waals surface area contributed by atoms with Crippen LogP contribution < -0.4 is 14.9 Å². The molecule has 0 saturated carbocycles. The Morgan fingerprint density at radius 2 is 2.00 bits per heavy atom. The summed E-state index contributed by atoms with van der Waals surface area (Å²) in [5.74, 6) is 0.592. The van der Waals surface area contributed by atoms with E-state index in [0.29, 0.717) is 17.4 Å². The van der Waals surface area contributed by atoms with Gasteiger partial charge in [-0.05, 0) is 43.7 Å². The largest absolute Gasteiger partial charge is 0.354 e. The lowest BCUT2D eigenvalue weighted by molar-refractivity contribution is 0.447. The number of aromatic nitrogens is 1. The lowest BCUT2D eigenvalue weighted by Crippen LogP contribution is -2.49. The number of halogens is 1. The summed E-state index contributed by atoms with van der Waals surface area (Å²) in [6.45, 7) is 7.82. The van der Waals surface area contributed by atoms with Gasteiger partial charge in [0.15, 0.2) is 0 Å². The maximum Gasteiger partial charge on any atom is 0.261 e. The van der Waals surface area contributed by atoms with Crippen molar-refractivity contribution in [3.05, 3.63) is 47.7 Å². The third kappa shape index (κ3) is 4.62. The predicted octanol–water partition coefficient (Wildman–Crippen LogP) is 3.06. The molecule has 0 spiro atoms. The Morgan fingerprint density at radius 3 is 2.61 bits per heavy atom. The van der Waals surface area contributed by atoms with Crippen LogP contribution in [-0.4, -0.2) is 45.8 Å². The number of nitrogens with one attached hydrogen (secondary N) is 2. The first-order chi connectivity index (χ1) is 13.3. The van der Waals surface area contributed by atoms with Gasteiger partial charge < -0.3 is 10.2 Å². The Hall–Kier alpha value is -2.19. The molecule has 152 valence electrons. The summed E-state index contributed by atoms with van der Waals surface area (Å²) >= 11 is 0. The van der Waals surface area contributed by atoms with Crippen molar-refractivity contribution in [2.45, 2.75) is 37.6 Å². The normalized spacial score (nSPS) is 18.7. The van der Waals surface area contributed by atoms with E-state index in [1.165, 1.54) is 12.1 Å². The maximum atomic E-state index is 12.8. The number of alkyl halides is 1. The highest BCUT2D eigenvalue weighted by atomic mass is 32.2. The van der Waals surface area contributed by atoms with Gasteiger partial charge in [0, 0.05) is 31.6 Å². The number of hydrogen-bond donors (Lipinski definition) is 2. The van der Waals surface area contributed by atoms with Crippen LogP contribution in [-0.2, 0) is 10.0 Å². The van der Waals surface area contributed by atoms with Crippen molar-refractivity contribution in [3.8, 4) is 0 Å². The van der Waals surface area contributed by atoms with Gasteiger partial charge in [0.05, 0.1) is 23.0 Å². The number of nitrogens with zero attached hydrogens (tertiary/aromatic N) is 2. The van der Waals surface area contributed by atoms with Gasteiger partial charge in [-0.2, -0.15) is 0 Å². The molecule has 1 aromatic heterocycles. The Balaban J connectivity index is 1.76. The van der Waals surface area contributed by atoms with Gasteiger partial charge in [-0.15, -0.1) is 0 Å². The zero-order valence-corrected chi connectivity index (χ0v) is 17.3. The van der Waals surface area contributed by atoms with Crippen molar-refractivity contribution in [1.29, 1.82) is 0 Å². The number of piperazine rings is 1. The smallest absolute Gasteiger partial charge is 0.261 e. The average molecular weight is 407 g/mol. The number of aryl methyl sites for hydroxylation is 1. The molecular weight excluding hydrogens is 379 g/mol. The van der Waals surface area contributed by atoms with Crippen LogP contribution >= 0.6 is 0 Å². The Kier molecular flexibility index (Phi) is 6.20. The molecule has 1 aliphatic rings. The molecule has 2 heterocycles. The fourth-order valence-corrected chi connectivity index (χ4v) is 4.36. The summed E-state index contributed by atoms with van der Waals surface area (Å²) in [4.78, 5) is 6.92. The Morgan fingerprint density at radius 1 is 1.29 bits per heavy atom. The molecule has 6 nitrogen and oxygen atoms in total. The quantitative estimate of drug-likeness (QED) is 0.771. The van der Waals surface area contributed by atoms with E-state index in [1.807, 2.05) is 6.07 Å². The van der Waals surface area contributed by atoms with E-state index < -0.39 is 16.7 Å². The van der Waals surface area contributed by atoms with Crippen LogP contribution in [0.15, 0.2) is 41.3 Å². The number of rotatable bonds is 6. The standard InChI is InChI=1S/C20H27FN4O2S/c1-14(12-21)17-4-6-18(7-5-17)28(26,27)24-19-8-9-20(23-16(19)3)25-11-10-22-15(2)13-25/h4-9,14-15,22,24H,10-13H2,1-3H3/t14-,15+/m1/s1. The van der Waals surface area contributed by atoms with Crippen LogP contribution in [0.4, 0.5) is 15.9 Å². The molecule has 3 rings (SSSR count). The van der Waals surface area contributed by atoms with Crippen molar-refractivity contribution in [2.24, 2.45) is 0 Å². The van der Waals surface area contributed by atoms with Crippen LogP contribution in [0, 0.1) is 6.92 Å². The van der Waals surface area contributed by atoms with E-state index in [4.69, 9.17) is 0 Å². The van der Waals surface area contributed by atoms with E-state index in [2.05, 4.69) is 26.8 Å². The molecule has 0 aliphatic carbocycles. The second-order valence-electron chi connectivity index (χ2n) is 7.33. The van der Waals surface area contributed by atoms with Gasteiger partial charge in [0.1, 0.15) is 5.82 Å². The molecule has 0 amide bonds. The minimum absolute atomic E-state index is 0.140. The molecule has 2 aromatic rings. The summed E-state index contributed by atoms with van der Waals surface area (Å²) in [6, 6.07) is 10.3. The first-order valence-corrected chi connectivity index (χ1v) is 10.9. The molecular formula is C20H27FN4O2S. The molecule has 2 atom stereocenters. The number of anilines is 2. The zero-order valence-electron chi connectivity index (χ0n) is 16.4. The molecule has 2 N–H and O–H groups in total. The van der Waals surface area contributed by atoms with Crippen molar-refractivity contribution >= 4 is 21.5 Å². The minimum atomic E-state index is -3.74. The summed E-state index contributed by atoms with van der Waals surface area (Å²) in [5.41, 5.74) is 1.84. The number of benzene rings is 1. The topological polar surface area (TPSA) is 74.3 Å². The van der Waals surface area contributed by atoms with E-state index in [0.717, 1.165) is 31.0 Å². The number of hydrogen-bond acceptors (Lipinski definition) is 5. The van der Waals surface area contributed by atoms with E-state index in [1.54, 1.807) is 32.0 Å². The van der Waals surface area contributed by atoms with Gasteiger partial charge in [-0.3, -0.25) is 9.11 Å². The predicted molar refractivity (Wildman–Crippen MR) is 110 cm³/mol. The molecule has 28 heavy (non-hydrogen) atoms. The van der Waals surface area contributed by atoms with Crippen molar-refractivity contribution in [2.75, 3.05) is 35.9 Å². The van der Waals surface area contributed by atoms with Gasteiger partial charge in [0.2, 0.25) is 0 Å². The second-order valence-corrected chi connectivity index (χ2v) is 9.02. The van der Waals surface area contributed by atoms with Gasteiger partial charge in [0.25, 0.3) is 10.0 Å². The lowest BCUT2D eigenvalue weighted by Gasteiger charge is -2.33. The Bertz CT molecular complexity index is 918. The molecule has 1 saturated heterocycles. The molecule has 1 fully saturated rings. The van der Waals surface area contributed by atoms with Crippen LogP contribution in [0.1, 0.15) is 31.0 Å². The SMILES string of the molecule is Cc1nc(N2CCN[C@@H](C)C2)ccc1NS(=O)(=O)c1ccc([C@H](C)CF)cc1. The van der Waals surface area contributed by atoms with Crippen molar-refractivity contribution < 1.29 is 12.8 Å². The van der Waals surface area contributed by atoms with Crippen molar-refractivity contribution in [1.82, 2.24) is 10.3 Å². The highest BCUT2D eigenvalue weighted by Gasteiger charge is 2.20. The summed E-state index contributed by atoms with van der Waals surface area (Å²) in [6.07, 6.45) is 0. The Labute approximate surface area is 166 Å². The van der Waals surface area contributed by atoms with E-state index in [9.17, 15) is 12.8 Å². The highest BCUT2D eigenvalue weighted by molar-refractivity contribution is 7.92. The molecule has 1 aromatic carbocycles. The molecule has 1 aliphatic heterocycles. The van der Waals surface area contributed by atoms with E-state index in [-0.39, 0.29) is 10.8 Å². The lowest BCUT2D eigenvalue weighted by atomic mass is 10.0. The summed E-state index contributed by atoms with van der Waals surface area (Å²) in [5, 5.41) is 3.39. The highest BCUT2D eigenvalue weighted by Crippen LogP contribution is 2.24. The van der Waals surface area contributed by atoms with Crippen molar-refractivity contribution in [3.63, 3.8) is 0 Å². The molecule has 0 unspecified atom stereocenters. The monoisotopic (exact) mass is 406 g/mol. The second kappa shape index (κ2) is 8.45. The maximum absolute atomic E-state index is 12.8. The minimum Gasteiger partial charge on any atom is -0.354 e. The summed E-state index contributed by atoms with van der Waals surface area (Å²) in [7, 11) is -3.74. The zero-order chi connectivity index (χ0) is 20.3. The van der Waals surface area contributed by atoms with Gasteiger partial charge in [-0.25, -0.2) is 13.4 Å². The third-order valence-corrected chi connectivity index (χ3v) is 6.38. The van der Waals surface area contributed by atoms with Crippen LogP contribution in [0.25, 0.3) is 0 Å². The van der Waals surface area contributed by atoms with E-state index >= 15 is 0 Å². The fraction of sp³-hybridized carbons (Fsp3) is 0.450. The van der Waals surface area contributed by atoms with Crippen LogP contribution in [0.2, 0.25) is 0 Å². The molecule has 0 radical (unpaired) electrons. The first-order valence-electron chi connectivity index (χ1n) is 9.45. The first kappa shape index (κ1) is 20.5. The van der Waals surface area contributed by atoms with Gasteiger partial charge in [-0.1, -0.05) is 19.1 Å². The van der Waals surface area contributed by atoms with Gasteiger partial charge >= 0.3 is 0 Å². The molecule has 0 bridgehead atoms. The fourth-order valence-electron chi connectivity index (χ4n) is 3.24. The van der Waals surface area contributed by atoms with Crippen LogP contribution in [0.3, 0.4) is 0 Å². The number of pyridine rings is 1. The summed E-state index contributed by atoms with van der Waals surface area (Å²) < 4.78 is 40.8. The average Bonchev–Trinajstić information content (AvgIpc) is 2.69. The number of sulfonamides is 1.